The first-order chi connectivity index (χ1) is 4.20. The molecule has 1 amide bonds. The zero-order valence-electron chi connectivity index (χ0n) is 4.44. The van der Waals surface area contributed by atoms with Crippen molar-refractivity contribution in [3.05, 3.63) is 12.3 Å². The molecule has 1 rings (SSSR count). The summed E-state index contributed by atoms with van der Waals surface area (Å²) >= 11 is 0. The maximum atomic E-state index is 10.3. The second-order valence-corrected chi connectivity index (χ2v) is 1.44. The van der Waals surface area contributed by atoms with Gasteiger partial charge in [0.1, 0.15) is 0 Å². The summed E-state index contributed by atoms with van der Waals surface area (Å²) in [5.41, 5.74) is 4.75. The van der Waals surface area contributed by atoms with Crippen LogP contribution in [0.1, 0.15) is 0 Å². The average Bonchev–Trinajstić information content (AvgIpc) is 2.14. The number of hydrogen-bond donors (Lipinski definition) is 1. The summed E-state index contributed by atoms with van der Waals surface area (Å²) in [5, 5.41) is 13.5. The molecule has 0 fully saturated rings. The van der Waals surface area contributed by atoms with Crippen LogP contribution in [0.3, 0.4) is 0 Å². The lowest BCUT2D eigenvalue weighted by Gasteiger charge is -1.86. The lowest BCUT2D eigenvalue weighted by atomic mass is 10.7. The first-order valence-electron chi connectivity index (χ1n) is 2.22. The molecule has 0 aliphatic rings. The maximum Gasteiger partial charge on any atom is 0.339 e. The summed E-state index contributed by atoms with van der Waals surface area (Å²) in [5.74, 6) is -0.464. The van der Waals surface area contributed by atoms with Gasteiger partial charge in [-0.25, -0.2) is 4.79 Å². The smallest absolute Gasteiger partial charge is 0.339 e. The molecule has 0 bridgehead atoms. The molecule has 1 aromatic rings. The molecular formula is C4H4N3O2. The SMILES string of the molecule is NC(=O)n1ccc([O])n1. The molecule has 1 aromatic heterocycles. The minimum atomic E-state index is -0.753. The van der Waals surface area contributed by atoms with Crippen molar-refractivity contribution in [1.29, 1.82) is 0 Å². The number of rotatable bonds is 0. The Morgan fingerprint density at radius 3 is 2.67 bits per heavy atom. The highest BCUT2D eigenvalue weighted by atomic mass is 16.3. The van der Waals surface area contributed by atoms with Crippen LogP contribution in [0.15, 0.2) is 12.3 Å². The zero-order chi connectivity index (χ0) is 6.85. The predicted molar refractivity (Wildman–Crippen MR) is 27.3 cm³/mol. The monoisotopic (exact) mass is 126 g/mol. The second kappa shape index (κ2) is 1.77. The summed E-state index contributed by atoms with van der Waals surface area (Å²) in [6.07, 6.45) is 1.21. The number of primary amides is 1. The quantitative estimate of drug-likeness (QED) is 0.528. The number of hydrogen-bond acceptors (Lipinski definition) is 2. The molecule has 0 aliphatic carbocycles. The van der Waals surface area contributed by atoms with Crippen LogP contribution in [-0.4, -0.2) is 15.8 Å². The summed E-state index contributed by atoms with van der Waals surface area (Å²) in [7, 11) is 0. The van der Waals surface area contributed by atoms with Crippen molar-refractivity contribution in [2.75, 3.05) is 0 Å². The second-order valence-electron chi connectivity index (χ2n) is 1.44. The van der Waals surface area contributed by atoms with Crippen LogP contribution in [0, 0.1) is 0 Å². The van der Waals surface area contributed by atoms with E-state index in [-0.39, 0.29) is 0 Å². The fraction of sp³-hybridized carbons (Fsp3) is 0. The standard InChI is InChI=1S/C4H4N3O2/c5-4(9)7-2-1-3(8)6-7/h1-2H,(H2,5,9). The molecule has 2 N–H and O–H groups in total. The van der Waals surface area contributed by atoms with Crippen molar-refractivity contribution in [2.45, 2.75) is 0 Å². The molecule has 1 heterocycles. The molecule has 5 nitrogen and oxygen atoms in total. The van der Waals surface area contributed by atoms with Crippen LogP contribution in [0.2, 0.25) is 0 Å². The third kappa shape index (κ3) is 0.987. The third-order valence-electron chi connectivity index (χ3n) is 0.790. The topological polar surface area (TPSA) is 80.8 Å². The fourth-order valence-electron chi connectivity index (χ4n) is 0.430. The van der Waals surface area contributed by atoms with Crippen LogP contribution >= 0.6 is 0 Å². The number of carbonyl (C=O) groups excluding carboxylic acids is 1. The average molecular weight is 126 g/mol. The Balaban J connectivity index is 2.98. The van der Waals surface area contributed by atoms with E-state index in [9.17, 15) is 9.90 Å². The van der Waals surface area contributed by atoms with E-state index < -0.39 is 11.9 Å². The Labute approximate surface area is 50.7 Å². The van der Waals surface area contributed by atoms with Crippen molar-refractivity contribution < 1.29 is 9.90 Å². The molecule has 0 saturated heterocycles. The highest BCUT2D eigenvalue weighted by Crippen LogP contribution is 2.00. The van der Waals surface area contributed by atoms with Gasteiger partial charge in [-0.05, 0) is 0 Å². The van der Waals surface area contributed by atoms with Gasteiger partial charge in [0.15, 0.2) is 0 Å². The highest BCUT2D eigenvalue weighted by molar-refractivity contribution is 5.73. The fourth-order valence-corrected chi connectivity index (χ4v) is 0.430. The lowest BCUT2D eigenvalue weighted by molar-refractivity contribution is 0.246. The first kappa shape index (κ1) is 5.61. The summed E-state index contributed by atoms with van der Waals surface area (Å²) in [4.78, 5) is 10.2. The van der Waals surface area contributed by atoms with Crippen LogP contribution in [-0.2, 0) is 5.11 Å². The van der Waals surface area contributed by atoms with E-state index in [2.05, 4.69) is 5.10 Å². The van der Waals surface area contributed by atoms with E-state index in [1.54, 1.807) is 0 Å². The van der Waals surface area contributed by atoms with Crippen LogP contribution < -0.4 is 5.73 Å². The van der Waals surface area contributed by atoms with Crippen molar-refractivity contribution >= 4 is 6.03 Å². The van der Waals surface area contributed by atoms with Gasteiger partial charge in [0, 0.05) is 12.3 Å². The van der Waals surface area contributed by atoms with Crippen LogP contribution in [0.5, 0.6) is 5.88 Å². The van der Waals surface area contributed by atoms with Gasteiger partial charge in [0.05, 0.1) is 0 Å². The Bertz CT molecular complexity index is 229. The number of nitrogens with two attached hydrogens (primary N) is 1. The molecule has 5 heteroatoms. The third-order valence-corrected chi connectivity index (χ3v) is 0.790. The van der Waals surface area contributed by atoms with Gasteiger partial charge in [0.2, 0.25) is 0 Å². The van der Waals surface area contributed by atoms with E-state index >= 15 is 0 Å². The summed E-state index contributed by atoms with van der Waals surface area (Å²) < 4.78 is 0.780. The first-order valence-corrected chi connectivity index (χ1v) is 2.22. The zero-order valence-corrected chi connectivity index (χ0v) is 4.44. The van der Waals surface area contributed by atoms with Gasteiger partial charge in [-0.2, -0.15) is 4.68 Å². The maximum absolute atomic E-state index is 10.3. The van der Waals surface area contributed by atoms with Gasteiger partial charge in [-0.1, -0.05) is 0 Å². The molecular weight excluding hydrogens is 122 g/mol. The summed E-state index contributed by atoms with van der Waals surface area (Å²) in [6, 6.07) is 0.405. The van der Waals surface area contributed by atoms with Crippen molar-refractivity contribution in [2.24, 2.45) is 5.73 Å². The Morgan fingerprint density at radius 1 is 1.78 bits per heavy atom. The number of nitrogens with zero attached hydrogens (tertiary/aromatic N) is 2. The number of amides is 1. The number of aromatic nitrogens is 2. The van der Waals surface area contributed by atoms with Gasteiger partial charge >= 0.3 is 6.03 Å². The van der Waals surface area contributed by atoms with E-state index in [1.165, 1.54) is 6.20 Å². The molecule has 47 valence electrons. The normalized spacial score (nSPS) is 9.33. The Kier molecular flexibility index (Phi) is 1.11. The minimum absolute atomic E-state index is 0.464. The van der Waals surface area contributed by atoms with E-state index in [1.807, 2.05) is 0 Å². The van der Waals surface area contributed by atoms with Gasteiger partial charge < -0.3 is 5.73 Å². The van der Waals surface area contributed by atoms with E-state index in [4.69, 9.17) is 5.73 Å². The molecule has 9 heavy (non-hydrogen) atoms. The van der Waals surface area contributed by atoms with E-state index in [0.29, 0.717) is 0 Å². The molecule has 0 saturated carbocycles. The minimum Gasteiger partial charge on any atom is -0.350 e. The molecule has 0 aromatic carbocycles. The van der Waals surface area contributed by atoms with Gasteiger partial charge in [0.25, 0.3) is 5.88 Å². The molecule has 0 atom stereocenters. The van der Waals surface area contributed by atoms with Crippen LogP contribution in [0.4, 0.5) is 4.79 Å². The van der Waals surface area contributed by atoms with Gasteiger partial charge in [-0.15, -0.1) is 5.10 Å². The van der Waals surface area contributed by atoms with Crippen molar-refractivity contribution in [1.82, 2.24) is 9.78 Å². The molecule has 0 unspecified atom stereocenters. The molecule has 0 aliphatic heterocycles. The lowest BCUT2D eigenvalue weighted by Crippen LogP contribution is -2.19. The molecule has 1 radical (unpaired) electrons. The summed E-state index contributed by atoms with van der Waals surface area (Å²) in [6.45, 7) is 0. The van der Waals surface area contributed by atoms with E-state index in [0.717, 1.165) is 10.7 Å². The van der Waals surface area contributed by atoms with Crippen molar-refractivity contribution in [3.63, 3.8) is 0 Å². The number of carbonyl (C=O) groups is 1. The predicted octanol–water partition coefficient (Wildman–Crippen LogP) is -0.0463. The van der Waals surface area contributed by atoms with Crippen molar-refractivity contribution in [3.8, 4) is 5.88 Å². The highest BCUT2D eigenvalue weighted by Gasteiger charge is 1.99. The van der Waals surface area contributed by atoms with Crippen LogP contribution in [0.25, 0.3) is 0 Å². The largest absolute Gasteiger partial charge is 0.350 e. The Hall–Kier alpha value is -1.52. The Morgan fingerprint density at radius 2 is 2.44 bits per heavy atom. The molecule has 0 spiro atoms. The van der Waals surface area contributed by atoms with Gasteiger partial charge in [-0.3, -0.25) is 5.11 Å².